The molecular formula is C21H23N5S. The van der Waals surface area contributed by atoms with Crippen LogP contribution in [-0.2, 0) is 6.54 Å². The zero-order chi connectivity index (χ0) is 19.2. The first-order chi connectivity index (χ1) is 13.2. The maximum Gasteiger partial charge on any atom is 0.163 e. The Hall–Kier alpha value is -2.75. The molecule has 3 heterocycles. The predicted molar refractivity (Wildman–Crippen MR) is 112 cm³/mol. The third kappa shape index (κ3) is 4.33. The maximum atomic E-state index is 8.91. The predicted octanol–water partition coefficient (Wildman–Crippen LogP) is 4.60. The number of hydrogen-bond donors (Lipinski definition) is 1. The minimum Gasteiger partial charge on any atom is -0.383 e. The fourth-order valence-corrected chi connectivity index (χ4v) is 4.03. The Labute approximate surface area is 163 Å². The molecule has 27 heavy (non-hydrogen) atoms. The number of nitrogens with zero attached hydrogens (tertiary/aromatic N) is 4. The minimum atomic E-state index is 0.505. The normalized spacial score (nSPS) is 13.8. The second-order valence-corrected chi connectivity index (χ2v) is 7.16. The molecule has 0 spiro atoms. The van der Waals surface area contributed by atoms with Crippen LogP contribution >= 0.6 is 11.3 Å². The van der Waals surface area contributed by atoms with Crippen molar-refractivity contribution in [2.24, 2.45) is 0 Å². The van der Waals surface area contributed by atoms with Gasteiger partial charge in [0.2, 0.25) is 0 Å². The van der Waals surface area contributed by atoms with Crippen LogP contribution in [0.3, 0.4) is 0 Å². The van der Waals surface area contributed by atoms with E-state index in [-0.39, 0.29) is 0 Å². The highest BCUT2D eigenvalue weighted by Gasteiger charge is 2.14. The van der Waals surface area contributed by atoms with Crippen molar-refractivity contribution >= 4 is 27.4 Å². The smallest absolute Gasteiger partial charge is 0.163 e. The average molecular weight is 378 g/mol. The molecule has 4 rings (SSSR count). The minimum absolute atomic E-state index is 0.505. The number of nitriles is 1. The molecular weight excluding hydrogens is 354 g/mol. The molecule has 0 fully saturated rings. The van der Waals surface area contributed by atoms with Gasteiger partial charge in [0.1, 0.15) is 10.6 Å². The van der Waals surface area contributed by atoms with Crippen molar-refractivity contribution in [3.63, 3.8) is 0 Å². The lowest BCUT2D eigenvalue weighted by Crippen LogP contribution is -2.26. The van der Waals surface area contributed by atoms with Gasteiger partial charge in [0, 0.05) is 30.1 Å². The first-order valence-electron chi connectivity index (χ1n) is 9.17. The molecule has 3 aromatic rings. The molecule has 6 heteroatoms. The number of thiophene rings is 1. The van der Waals surface area contributed by atoms with Crippen molar-refractivity contribution < 1.29 is 0 Å². The molecule has 0 atom stereocenters. The van der Waals surface area contributed by atoms with Crippen LogP contribution in [0.2, 0.25) is 0 Å². The van der Waals surface area contributed by atoms with Gasteiger partial charge in [-0.15, -0.1) is 11.3 Å². The Morgan fingerprint density at radius 3 is 2.63 bits per heavy atom. The summed E-state index contributed by atoms with van der Waals surface area (Å²) in [6.45, 7) is 6.99. The molecule has 1 aromatic carbocycles. The van der Waals surface area contributed by atoms with Crippen LogP contribution in [0.15, 0.2) is 42.5 Å². The fraction of sp³-hybridized carbons (Fsp3) is 0.286. The van der Waals surface area contributed by atoms with Crippen LogP contribution in [0.1, 0.15) is 30.7 Å². The van der Waals surface area contributed by atoms with Crippen LogP contribution in [0.25, 0.3) is 21.6 Å². The number of nitrogens with two attached hydrogens (primary N) is 1. The second kappa shape index (κ2) is 8.76. The zero-order valence-corrected chi connectivity index (χ0v) is 16.5. The van der Waals surface area contributed by atoms with E-state index in [1.807, 2.05) is 26.0 Å². The molecule has 0 unspecified atom stereocenters. The molecule has 0 radical (unpaired) electrons. The highest BCUT2D eigenvalue weighted by Crippen LogP contribution is 2.31. The van der Waals surface area contributed by atoms with Gasteiger partial charge in [0.05, 0.1) is 17.0 Å². The van der Waals surface area contributed by atoms with Crippen molar-refractivity contribution in [1.82, 2.24) is 14.9 Å². The highest BCUT2D eigenvalue weighted by atomic mass is 32.1. The highest BCUT2D eigenvalue weighted by molar-refractivity contribution is 7.18. The summed E-state index contributed by atoms with van der Waals surface area (Å²) in [5.74, 6) is 1.11. The second-order valence-electron chi connectivity index (χ2n) is 6.05. The van der Waals surface area contributed by atoms with Crippen LogP contribution in [0, 0.1) is 11.3 Å². The van der Waals surface area contributed by atoms with Crippen molar-refractivity contribution in [3.8, 4) is 17.5 Å². The van der Waals surface area contributed by atoms with Gasteiger partial charge in [0.25, 0.3) is 0 Å². The van der Waals surface area contributed by atoms with E-state index in [0.29, 0.717) is 17.2 Å². The lowest BCUT2D eigenvalue weighted by atomic mass is 10.1. The van der Waals surface area contributed by atoms with Gasteiger partial charge >= 0.3 is 0 Å². The third-order valence-electron chi connectivity index (χ3n) is 4.27. The van der Waals surface area contributed by atoms with E-state index in [0.717, 1.165) is 41.8 Å². The summed E-state index contributed by atoms with van der Waals surface area (Å²) in [4.78, 5) is 13.7. The number of anilines is 1. The van der Waals surface area contributed by atoms with Gasteiger partial charge in [-0.2, -0.15) is 5.26 Å². The summed E-state index contributed by atoms with van der Waals surface area (Å²) in [6, 6.07) is 11.5. The van der Waals surface area contributed by atoms with Gasteiger partial charge < -0.3 is 5.73 Å². The quantitative estimate of drug-likeness (QED) is 0.675. The number of rotatable bonds is 3. The van der Waals surface area contributed by atoms with Gasteiger partial charge in [-0.25, -0.2) is 9.97 Å². The lowest BCUT2D eigenvalue weighted by molar-refractivity contribution is 0.293. The van der Waals surface area contributed by atoms with E-state index < -0.39 is 0 Å². The van der Waals surface area contributed by atoms with Crippen LogP contribution in [0.5, 0.6) is 0 Å². The summed E-state index contributed by atoms with van der Waals surface area (Å²) in [5.41, 5.74) is 7.66. The molecule has 0 saturated carbocycles. The molecule has 0 amide bonds. The van der Waals surface area contributed by atoms with E-state index in [1.54, 1.807) is 23.5 Å². The maximum absolute atomic E-state index is 8.91. The summed E-state index contributed by atoms with van der Waals surface area (Å²) in [7, 11) is 0. The SMILES string of the molecule is CC.N#Cc1ccc(-c2nc(N)c3cc(CN4CC=CCC4)sc3n2)cc1. The summed E-state index contributed by atoms with van der Waals surface area (Å²) in [5, 5.41) is 9.84. The third-order valence-corrected chi connectivity index (χ3v) is 5.28. The van der Waals surface area contributed by atoms with E-state index >= 15 is 0 Å². The molecule has 0 saturated heterocycles. The van der Waals surface area contributed by atoms with Crippen LogP contribution in [0.4, 0.5) is 5.82 Å². The number of nitrogen functional groups attached to an aromatic ring is 1. The summed E-state index contributed by atoms with van der Waals surface area (Å²) >= 11 is 1.67. The summed E-state index contributed by atoms with van der Waals surface area (Å²) in [6.07, 6.45) is 5.55. The Kier molecular flexibility index (Phi) is 6.17. The van der Waals surface area contributed by atoms with Gasteiger partial charge in [-0.05, 0) is 36.8 Å². The molecule has 138 valence electrons. The van der Waals surface area contributed by atoms with Crippen molar-refractivity contribution in [2.45, 2.75) is 26.8 Å². The molecule has 0 bridgehead atoms. The first kappa shape index (κ1) is 19.0. The molecule has 5 nitrogen and oxygen atoms in total. The molecule has 0 aliphatic carbocycles. The Morgan fingerprint density at radius 2 is 1.96 bits per heavy atom. The topological polar surface area (TPSA) is 78.8 Å². The average Bonchev–Trinajstić information content (AvgIpc) is 3.13. The van der Waals surface area contributed by atoms with Crippen LogP contribution < -0.4 is 5.73 Å². The fourth-order valence-electron chi connectivity index (χ4n) is 2.95. The van der Waals surface area contributed by atoms with Gasteiger partial charge in [0.15, 0.2) is 5.82 Å². The van der Waals surface area contributed by atoms with Gasteiger partial charge in [-0.3, -0.25) is 4.90 Å². The lowest BCUT2D eigenvalue weighted by Gasteiger charge is -2.21. The van der Waals surface area contributed by atoms with E-state index in [4.69, 9.17) is 11.0 Å². The monoisotopic (exact) mass is 377 g/mol. The van der Waals surface area contributed by atoms with Gasteiger partial charge in [-0.1, -0.05) is 26.0 Å². The number of aromatic nitrogens is 2. The molecule has 1 aliphatic rings. The van der Waals surface area contributed by atoms with Crippen molar-refractivity contribution in [2.75, 3.05) is 18.8 Å². The van der Waals surface area contributed by atoms with E-state index in [9.17, 15) is 0 Å². The zero-order valence-electron chi connectivity index (χ0n) is 15.6. The molecule has 2 aromatic heterocycles. The largest absolute Gasteiger partial charge is 0.383 e. The van der Waals surface area contributed by atoms with E-state index in [1.165, 1.54) is 4.88 Å². The Morgan fingerprint density at radius 1 is 1.19 bits per heavy atom. The number of fused-ring (bicyclic) bond motifs is 1. The number of benzene rings is 1. The van der Waals surface area contributed by atoms with E-state index in [2.05, 4.69) is 39.2 Å². The Bertz CT molecular complexity index is 982. The van der Waals surface area contributed by atoms with Crippen molar-refractivity contribution in [3.05, 3.63) is 52.9 Å². The first-order valence-corrected chi connectivity index (χ1v) is 9.98. The number of hydrogen-bond acceptors (Lipinski definition) is 6. The van der Waals surface area contributed by atoms with Crippen molar-refractivity contribution in [1.29, 1.82) is 5.26 Å². The Balaban J connectivity index is 0.00000102. The molecule has 1 aliphatic heterocycles. The molecule has 2 N–H and O–H groups in total. The van der Waals surface area contributed by atoms with Crippen LogP contribution in [-0.4, -0.2) is 28.0 Å². The summed E-state index contributed by atoms with van der Waals surface area (Å²) < 4.78 is 0. The standard InChI is InChI=1S/C19H17N5S.C2H6/c20-11-13-4-6-14(7-5-13)18-22-17(21)16-10-15(25-19(16)23-18)12-24-8-2-1-3-9-24;1-2/h1-2,4-7,10H,3,8-9,12H2,(H2,21,22,23);1-2H3.